The molecule has 0 saturated carbocycles. The van der Waals surface area contributed by atoms with Gasteiger partial charge >= 0.3 is 5.97 Å². The van der Waals surface area contributed by atoms with Gasteiger partial charge in [-0.1, -0.05) is 0 Å². The van der Waals surface area contributed by atoms with Crippen molar-refractivity contribution in [2.75, 3.05) is 26.2 Å². The maximum absolute atomic E-state index is 11.6. The van der Waals surface area contributed by atoms with Crippen molar-refractivity contribution in [2.24, 2.45) is 5.92 Å². The van der Waals surface area contributed by atoms with Crippen molar-refractivity contribution in [2.45, 2.75) is 33.1 Å². The molecule has 1 fully saturated rings. The van der Waals surface area contributed by atoms with E-state index in [2.05, 4.69) is 16.7 Å². The summed E-state index contributed by atoms with van der Waals surface area (Å²) in [6, 6.07) is 0. The predicted octanol–water partition coefficient (Wildman–Crippen LogP) is 1.67. The van der Waals surface area contributed by atoms with Gasteiger partial charge in [-0.15, -0.1) is 11.8 Å². The number of nitrogens with zero attached hydrogens (tertiary/aromatic N) is 1. The van der Waals surface area contributed by atoms with Crippen LogP contribution in [-0.4, -0.2) is 37.1 Å². The number of ether oxygens (including phenoxy) is 1. The second-order valence-corrected chi connectivity index (χ2v) is 4.07. The molecular weight excluding hydrogens is 202 g/mol. The van der Waals surface area contributed by atoms with Crippen molar-refractivity contribution in [3.05, 3.63) is 0 Å². The zero-order chi connectivity index (χ0) is 11.8. The summed E-state index contributed by atoms with van der Waals surface area (Å²) in [6.07, 6.45) is 2.95. The molecule has 1 atom stereocenters. The van der Waals surface area contributed by atoms with E-state index in [-0.39, 0.29) is 11.9 Å². The molecule has 90 valence electrons. The fraction of sp³-hybridized carbons (Fsp3) is 0.769. The fourth-order valence-corrected chi connectivity index (χ4v) is 2.05. The molecule has 1 saturated heterocycles. The van der Waals surface area contributed by atoms with Gasteiger partial charge in [-0.05, 0) is 33.2 Å². The number of hydrogen-bond donors (Lipinski definition) is 0. The molecule has 3 heteroatoms. The molecule has 0 bridgehead atoms. The minimum Gasteiger partial charge on any atom is -0.466 e. The van der Waals surface area contributed by atoms with E-state index >= 15 is 0 Å². The smallest absolute Gasteiger partial charge is 0.310 e. The Labute approximate surface area is 98.1 Å². The highest BCUT2D eigenvalue weighted by Gasteiger charge is 2.26. The molecule has 3 nitrogen and oxygen atoms in total. The average molecular weight is 223 g/mol. The van der Waals surface area contributed by atoms with E-state index in [1.165, 1.54) is 0 Å². The maximum atomic E-state index is 11.6. The van der Waals surface area contributed by atoms with Crippen LogP contribution in [-0.2, 0) is 9.53 Å². The minimum absolute atomic E-state index is 0.0335. The molecular formula is C13H21NO2. The summed E-state index contributed by atoms with van der Waals surface area (Å²) in [4.78, 5) is 13.9. The molecule has 0 N–H and O–H groups in total. The van der Waals surface area contributed by atoms with Gasteiger partial charge in [0.25, 0.3) is 0 Å². The van der Waals surface area contributed by atoms with E-state index in [9.17, 15) is 4.79 Å². The molecule has 0 aliphatic carbocycles. The number of likely N-dealkylation sites (tertiary alicyclic amines) is 1. The van der Waals surface area contributed by atoms with Crippen LogP contribution in [0.4, 0.5) is 0 Å². The van der Waals surface area contributed by atoms with Gasteiger partial charge in [-0.3, -0.25) is 4.79 Å². The molecule has 1 aliphatic heterocycles. The standard InChI is InChI=1S/C13H21NO2/c1-3-5-6-9-14-10-7-8-12(11-14)13(15)16-4-2/h12H,4,6-11H2,1-2H3. The van der Waals surface area contributed by atoms with E-state index < -0.39 is 0 Å². The summed E-state index contributed by atoms with van der Waals surface area (Å²) < 4.78 is 5.06. The Balaban J connectivity index is 2.33. The highest BCUT2D eigenvalue weighted by Crippen LogP contribution is 2.17. The van der Waals surface area contributed by atoms with Gasteiger partial charge in [0.2, 0.25) is 0 Å². The first kappa shape index (κ1) is 13.1. The first-order valence-electron chi connectivity index (χ1n) is 6.06. The number of carbonyl (C=O) groups is 1. The molecule has 0 amide bonds. The van der Waals surface area contributed by atoms with Crippen LogP contribution in [0.5, 0.6) is 0 Å². The topological polar surface area (TPSA) is 29.5 Å². The number of esters is 1. The Morgan fingerprint density at radius 1 is 1.56 bits per heavy atom. The molecule has 0 aromatic carbocycles. The van der Waals surface area contributed by atoms with Gasteiger partial charge in [-0.25, -0.2) is 0 Å². The molecule has 1 unspecified atom stereocenters. The molecule has 0 spiro atoms. The lowest BCUT2D eigenvalue weighted by molar-refractivity contribution is -0.149. The summed E-state index contributed by atoms with van der Waals surface area (Å²) in [5, 5.41) is 0. The average Bonchev–Trinajstić information content (AvgIpc) is 2.30. The van der Waals surface area contributed by atoms with Crippen LogP contribution in [0.25, 0.3) is 0 Å². The Morgan fingerprint density at radius 3 is 3.06 bits per heavy atom. The lowest BCUT2D eigenvalue weighted by atomic mass is 9.98. The lowest BCUT2D eigenvalue weighted by Gasteiger charge is -2.30. The van der Waals surface area contributed by atoms with Crippen molar-refractivity contribution < 1.29 is 9.53 Å². The van der Waals surface area contributed by atoms with Crippen molar-refractivity contribution in [3.8, 4) is 11.8 Å². The van der Waals surface area contributed by atoms with Crippen molar-refractivity contribution in [1.29, 1.82) is 0 Å². The van der Waals surface area contributed by atoms with Crippen LogP contribution in [0.3, 0.4) is 0 Å². The predicted molar refractivity (Wildman–Crippen MR) is 63.9 cm³/mol. The highest BCUT2D eigenvalue weighted by atomic mass is 16.5. The van der Waals surface area contributed by atoms with Gasteiger partial charge in [0, 0.05) is 19.5 Å². The first-order valence-corrected chi connectivity index (χ1v) is 6.06. The summed E-state index contributed by atoms with van der Waals surface area (Å²) in [5.74, 6) is 5.99. The Bertz CT molecular complexity index is 277. The van der Waals surface area contributed by atoms with E-state index in [4.69, 9.17) is 4.74 Å². The quantitative estimate of drug-likeness (QED) is 0.536. The van der Waals surface area contributed by atoms with Crippen molar-refractivity contribution in [1.82, 2.24) is 4.90 Å². The summed E-state index contributed by atoms with van der Waals surface area (Å²) in [6.45, 7) is 7.09. The van der Waals surface area contributed by atoms with Crippen LogP contribution >= 0.6 is 0 Å². The van der Waals surface area contributed by atoms with Crippen LogP contribution in [0.15, 0.2) is 0 Å². The third-order valence-corrected chi connectivity index (χ3v) is 2.86. The van der Waals surface area contributed by atoms with E-state index in [1.807, 2.05) is 13.8 Å². The zero-order valence-corrected chi connectivity index (χ0v) is 10.3. The second kappa shape index (κ2) is 7.29. The molecule has 0 aromatic heterocycles. The lowest BCUT2D eigenvalue weighted by Crippen LogP contribution is -2.39. The third kappa shape index (κ3) is 4.24. The van der Waals surface area contributed by atoms with Gasteiger partial charge < -0.3 is 9.64 Å². The SMILES string of the molecule is CC#CCCN1CCCC(C(=O)OCC)C1. The fourth-order valence-electron chi connectivity index (χ4n) is 2.05. The number of rotatable bonds is 4. The number of hydrogen-bond acceptors (Lipinski definition) is 3. The van der Waals surface area contributed by atoms with Gasteiger partial charge in [0.1, 0.15) is 0 Å². The Hall–Kier alpha value is -1.01. The van der Waals surface area contributed by atoms with E-state index in [0.717, 1.165) is 38.9 Å². The van der Waals surface area contributed by atoms with Gasteiger partial charge in [0.05, 0.1) is 12.5 Å². The summed E-state index contributed by atoms with van der Waals surface area (Å²) in [7, 11) is 0. The summed E-state index contributed by atoms with van der Waals surface area (Å²) in [5.41, 5.74) is 0. The second-order valence-electron chi connectivity index (χ2n) is 4.07. The largest absolute Gasteiger partial charge is 0.466 e. The van der Waals surface area contributed by atoms with Crippen LogP contribution in [0, 0.1) is 17.8 Å². The first-order chi connectivity index (χ1) is 7.77. The normalized spacial score (nSPS) is 21.0. The van der Waals surface area contributed by atoms with E-state index in [1.54, 1.807) is 0 Å². The molecule has 1 heterocycles. The van der Waals surface area contributed by atoms with Crippen molar-refractivity contribution >= 4 is 5.97 Å². The van der Waals surface area contributed by atoms with Gasteiger partial charge in [-0.2, -0.15) is 0 Å². The molecule has 16 heavy (non-hydrogen) atoms. The number of piperidine rings is 1. The van der Waals surface area contributed by atoms with Crippen LogP contribution < -0.4 is 0 Å². The Kier molecular flexibility index (Phi) is 5.95. The molecule has 0 radical (unpaired) electrons. The zero-order valence-electron chi connectivity index (χ0n) is 10.3. The minimum atomic E-state index is -0.0335. The maximum Gasteiger partial charge on any atom is 0.310 e. The molecule has 1 rings (SSSR count). The van der Waals surface area contributed by atoms with E-state index in [0.29, 0.717) is 6.61 Å². The number of carbonyl (C=O) groups excluding carboxylic acids is 1. The summed E-state index contributed by atoms with van der Waals surface area (Å²) >= 11 is 0. The highest BCUT2D eigenvalue weighted by molar-refractivity contribution is 5.72. The van der Waals surface area contributed by atoms with Crippen LogP contribution in [0.1, 0.15) is 33.1 Å². The van der Waals surface area contributed by atoms with Crippen LogP contribution in [0.2, 0.25) is 0 Å². The third-order valence-electron chi connectivity index (χ3n) is 2.86. The molecule has 0 aromatic rings. The van der Waals surface area contributed by atoms with Crippen molar-refractivity contribution in [3.63, 3.8) is 0 Å². The molecule has 1 aliphatic rings. The van der Waals surface area contributed by atoms with Gasteiger partial charge in [0.15, 0.2) is 0 Å². The Morgan fingerprint density at radius 2 is 2.38 bits per heavy atom. The monoisotopic (exact) mass is 223 g/mol.